The molecule has 1 rings (SSSR count). The fourth-order valence-corrected chi connectivity index (χ4v) is 1.62. The molecule has 1 aromatic carbocycles. The van der Waals surface area contributed by atoms with Crippen molar-refractivity contribution in [3.05, 3.63) is 34.9 Å². The van der Waals surface area contributed by atoms with Crippen molar-refractivity contribution in [2.75, 3.05) is 13.6 Å². The first kappa shape index (κ1) is 23.9. The van der Waals surface area contributed by atoms with Gasteiger partial charge in [0.15, 0.2) is 0 Å². The molecule has 0 fully saturated rings. The smallest absolute Gasteiger partial charge is 0.278 e. The second-order valence-corrected chi connectivity index (χ2v) is 5.34. The highest BCUT2D eigenvalue weighted by molar-refractivity contribution is 7.96. The predicted molar refractivity (Wildman–Crippen MR) is 100 cm³/mol. The van der Waals surface area contributed by atoms with Gasteiger partial charge >= 0.3 is 0 Å². The summed E-state index contributed by atoms with van der Waals surface area (Å²) in [6.45, 7) is 3.35. The number of carbonyl (C=O) groups is 3. The van der Waals surface area contributed by atoms with Crippen molar-refractivity contribution in [3.63, 3.8) is 0 Å². The molecule has 0 heterocycles. The Bertz CT molecular complexity index is 469. The number of benzene rings is 1. The van der Waals surface area contributed by atoms with Gasteiger partial charge in [-0.05, 0) is 24.1 Å². The van der Waals surface area contributed by atoms with E-state index in [1.807, 2.05) is 31.2 Å². The minimum Gasteiger partial charge on any atom is -0.362 e. The second-order valence-electron chi connectivity index (χ2n) is 4.08. The van der Waals surface area contributed by atoms with E-state index >= 15 is 0 Å². The molecule has 0 atom stereocenters. The molecule has 6 nitrogen and oxygen atoms in total. The Balaban J connectivity index is 0. The third kappa shape index (κ3) is 16.8. The summed E-state index contributed by atoms with van der Waals surface area (Å²) < 4.78 is 0. The van der Waals surface area contributed by atoms with Crippen LogP contribution in [0.5, 0.6) is 0 Å². The molecule has 0 spiro atoms. The van der Waals surface area contributed by atoms with Crippen LogP contribution < -0.4 is 11.1 Å². The summed E-state index contributed by atoms with van der Waals surface area (Å²) in [5, 5.41) is 2.13. The highest BCUT2D eigenvalue weighted by atomic mass is 35.5. The summed E-state index contributed by atoms with van der Waals surface area (Å²) in [6, 6.07) is 7.48. The summed E-state index contributed by atoms with van der Waals surface area (Å²) in [6.07, 6.45) is 1.56. The van der Waals surface area contributed by atoms with E-state index in [1.165, 1.54) is 0 Å². The average Bonchev–Trinajstić information content (AvgIpc) is 2.48. The van der Waals surface area contributed by atoms with Crippen LogP contribution in [-0.2, 0) is 11.3 Å². The summed E-state index contributed by atoms with van der Waals surface area (Å²) >= 11 is 12.7. The molecule has 0 saturated carbocycles. The van der Waals surface area contributed by atoms with Crippen LogP contribution in [0.2, 0.25) is 5.02 Å². The third-order valence-corrected chi connectivity index (χ3v) is 2.70. The number of thiol groups is 2. The van der Waals surface area contributed by atoms with Crippen LogP contribution in [0, 0.1) is 0 Å². The molecule has 1 aromatic rings. The lowest BCUT2D eigenvalue weighted by molar-refractivity contribution is -0.109. The quantitative estimate of drug-likeness (QED) is 0.468. The zero-order valence-corrected chi connectivity index (χ0v) is 15.6. The minimum atomic E-state index is -0.639. The molecule has 0 aliphatic rings. The molecule has 23 heavy (non-hydrogen) atoms. The molecule has 3 amide bonds. The molecule has 0 unspecified atom stereocenters. The zero-order chi connectivity index (χ0) is 18.3. The minimum absolute atomic E-state index is 0.188. The van der Waals surface area contributed by atoms with Crippen LogP contribution in [0.4, 0.5) is 9.59 Å². The maximum Gasteiger partial charge on any atom is 0.278 e. The van der Waals surface area contributed by atoms with Crippen molar-refractivity contribution < 1.29 is 14.4 Å². The summed E-state index contributed by atoms with van der Waals surface area (Å²) in [4.78, 5) is 31.0. The highest BCUT2D eigenvalue weighted by Gasteiger charge is 2.08. The number of primary amides is 1. The van der Waals surface area contributed by atoms with Crippen LogP contribution in [0.3, 0.4) is 0 Å². The number of nitrogens with zero attached hydrogens (tertiary/aromatic N) is 1. The van der Waals surface area contributed by atoms with Crippen molar-refractivity contribution >= 4 is 53.7 Å². The van der Waals surface area contributed by atoms with Crippen LogP contribution in [0.1, 0.15) is 18.9 Å². The number of nitrogens with two attached hydrogens (primary N) is 1. The van der Waals surface area contributed by atoms with E-state index in [-0.39, 0.29) is 5.24 Å². The van der Waals surface area contributed by atoms with E-state index in [0.717, 1.165) is 18.5 Å². The Morgan fingerprint density at radius 1 is 1.30 bits per heavy atom. The maximum atomic E-state index is 11.2. The van der Waals surface area contributed by atoms with Gasteiger partial charge in [-0.3, -0.25) is 14.4 Å². The molecule has 0 aromatic heterocycles. The van der Waals surface area contributed by atoms with E-state index in [2.05, 4.69) is 36.3 Å². The Morgan fingerprint density at radius 2 is 1.74 bits per heavy atom. The van der Waals surface area contributed by atoms with E-state index in [0.29, 0.717) is 18.0 Å². The molecule has 0 saturated heterocycles. The number of hydrogen-bond acceptors (Lipinski definition) is 3. The lowest BCUT2D eigenvalue weighted by atomic mass is 10.2. The molecule has 0 aliphatic carbocycles. The number of hydrogen-bond donors (Lipinski definition) is 4. The van der Waals surface area contributed by atoms with Crippen LogP contribution in [0.25, 0.3) is 0 Å². The van der Waals surface area contributed by atoms with Crippen LogP contribution in [-0.4, -0.2) is 35.4 Å². The van der Waals surface area contributed by atoms with Gasteiger partial charge in [0, 0.05) is 25.2 Å². The van der Waals surface area contributed by atoms with Gasteiger partial charge in [0.05, 0.1) is 0 Å². The second kappa shape index (κ2) is 15.5. The highest BCUT2D eigenvalue weighted by Crippen LogP contribution is 2.12. The van der Waals surface area contributed by atoms with Gasteiger partial charge in [-0.25, -0.2) is 0 Å². The van der Waals surface area contributed by atoms with E-state index in [4.69, 9.17) is 21.2 Å². The Hall–Kier alpha value is -1.38. The largest absolute Gasteiger partial charge is 0.362 e. The number of amides is 3. The average molecular weight is 380 g/mol. The Kier molecular flexibility index (Phi) is 16.1. The van der Waals surface area contributed by atoms with Gasteiger partial charge in [0.2, 0.25) is 6.41 Å². The standard InChI is InChI=1S/C11H14ClNOS.C2H5NO.CH3NOS/c1-2-7-13(11(14)15)8-9-3-5-10(12)6-4-9;1-3-2-4;2-1(3)4/h3-6H,2,7-8H2,1H3,(H,14,15);2H,1H3,(H,3,4);(H3,2,3,4). The van der Waals surface area contributed by atoms with Gasteiger partial charge < -0.3 is 16.0 Å². The van der Waals surface area contributed by atoms with Crippen LogP contribution in [0.15, 0.2) is 24.3 Å². The van der Waals surface area contributed by atoms with Gasteiger partial charge in [-0.15, -0.1) is 0 Å². The monoisotopic (exact) mass is 379 g/mol. The summed E-state index contributed by atoms with van der Waals surface area (Å²) in [7, 11) is 1.56. The summed E-state index contributed by atoms with van der Waals surface area (Å²) in [5.41, 5.74) is 5.40. The van der Waals surface area contributed by atoms with Gasteiger partial charge in [0.25, 0.3) is 10.5 Å². The fraction of sp³-hybridized carbons (Fsp3) is 0.357. The number of nitrogens with one attached hydrogen (secondary N) is 1. The number of carbonyl (C=O) groups excluding carboxylic acids is 3. The molecule has 130 valence electrons. The number of rotatable bonds is 5. The first-order valence-corrected chi connectivity index (χ1v) is 7.87. The molecule has 0 bridgehead atoms. The SMILES string of the molecule is CCCN(Cc1ccc(Cl)cc1)C(=O)S.CNC=O.NC(=O)S. The van der Waals surface area contributed by atoms with Crippen LogP contribution >= 0.6 is 36.9 Å². The van der Waals surface area contributed by atoms with E-state index < -0.39 is 5.24 Å². The topological polar surface area (TPSA) is 92.5 Å². The van der Waals surface area contributed by atoms with Crippen molar-refractivity contribution in [2.24, 2.45) is 5.73 Å². The zero-order valence-electron chi connectivity index (χ0n) is 13.0. The summed E-state index contributed by atoms with van der Waals surface area (Å²) in [5.74, 6) is 0. The normalized spacial score (nSPS) is 8.57. The maximum absolute atomic E-state index is 11.2. The molecule has 0 radical (unpaired) electrons. The van der Waals surface area contributed by atoms with Crippen molar-refractivity contribution in [2.45, 2.75) is 19.9 Å². The first-order valence-electron chi connectivity index (χ1n) is 6.60. The molecule has 0 aliphatic heterocycles. The van der Waals surface area contributed by atoms with Gasteiger partial charge in [-0.2, -0.15) is 0 Å². The fourth-order valence-electron chi connectivity index (χ4n) is 1.32. The Labute approximate surface area is 152 Å². The van der Waals surface area contributed by atoms with E-state index in [9.17, 15) is 4.79 Å². The molecular formula is C14H22ClN3O3S2. The first-order chi connectivity index (χ1) is 10.8. The lowest BCUT2D eigenvalue weighted by Crippen LogP contribution is -2.26. The number of halogens is 1. The molecular weight excluding hydrogens is 358 g/mol. The predicted octanol–water partition coefficient (Wildman–Crippen LogP) is 2.96. The van der Waals surface area contributed by atoms with E-state index in [1.54, 1.807) is 11.9 Å². The molecule has 9 heteroatoms. The van der Waals surface area contributed by atoms with Crippen molar-refractivity contribution in [1.29, 1.82) is 0 Å². The third-order valence-electron chi connectivity index (χ3n) is 2.17. The van der Waals surface area contributed by atoms with Crippen molar-refractivity contribution in [3.8, 4) is 0 Å². The lowest BCUT2D eigenvalue weighted by Gasteiger charge is -2.19. The van der Waals surface area contributed by atoms with Gasteiger partial charge in [0.1, 0.15) is 0 Å². The Morgan fingerprint density at radius 3 is 2.04 bits per heavy atom. The van der Waals surface area contributed by atoms with Crippen molar-refractivity contribution in [1.82, 2.24) is 10.2 Å². The van der Waals surface area contributed by atoms with Gasteiger partial charge in [-0.1, -0.05) is 55.9 Å². The molecule has 3 N–H and O–H groups in total.